The zero-order chi connectivity index (χ0) is 15.4. The molecule has 0 radical (unpaired) electrons. The van der Waals surface area contributed by atoms with Gasteiger partial charge in [-0.15, -0.1) is 0 Å². The van der Waals surface area contributed by atoms with E-state index in [1.165, 1.54) is 6.07 Å². The number of hydrogen-bond acceptors (Lipinski definition) is 4. The smallest absolute Gasteiger partial charge is 0.303 e. The highest BCUT2D eigenvalue weighted by molar-refractivity contribution is 5.66. The van der Waals surface area contributed by atoms with Gasteiger partial charge in [0.25, 0.3) is 0 Å². The van der Waals surface area contributed by atoms with Gasteiger partial charge in [0.2, 0.25) is 0 Å². The summed E-state index contributed by atoms with van der Waals surface area (Å²) in [6, 6.07) is 4.53. The highest BCUT2D eigenvalue weighted by Gasteiger charge is 2.18. The van der Waals surface area contributed by atoms with E-state index >= 15 is 0 Å². The number of likely N-dealkylation sites (N-methyl/N-ethyl adjacent to an activating group) is 1. The van der Waals surface area contributed by atoms with Crippen molar-refractivity contribution in [1.29, 1.82) is 0 Å². The second kappa shape index (κ2) is 6.87. The fourth-order valence-electron chi connectivity index (χ4n) is 2.50. The first-order chi connectivity index (χ1) is 9.97. The summed E-state index contributed by atoms with van der Waals surface area (Å²) in [6.45, 7) is 3.44. The lowest BCUT2D eigenvalue weighted by Crippen LogP contribution is -2.44. The van der Waals surface area contributed by atoms with Crippen LogP contribution < -0.4 is 10.6 Å². The first kappa shape index (κ1) is 15.7. The van der Waals surface area contributed by atoms with Crippen molar-refractivity contribution in [2.24, 2.45) is 5.73 Å². The molecule has 1 aliphatic heterocycles. The predicted molar refractivity (Wildman–Crippen MR) is 79.9 cm³/mol. The monoisotopic (exact) mass is 295 g/mol. The Balaban J connectivity index is 2.05. The molecule has 0 aliphatic carbocycles. The highest BCUT2D eigenvalue weighted by atomic mass is 19.1. The van der Waals surface area contributed by atoms with Crippen LogP contribution in [-0.4, -0.2) is 49.2 Å². The average Bonchev–Trinajstić information content (AvgIpc) is 2.45. The quantitative estimate of drug-likeness (QED) is 0.860. The molecule has 1 heterocycles. The van der Waals surface area contributed by atoms with Gasteiger partial charge in [-0.05, 0) is 31.2 Å². The number of carbonyl (C=O) groups is 1. The lowest BCUT2D eigenvalue weighted by Gasteiger charge is -2.34. The normalized spacial score (nSPS) is 17.8. The van der Waals surface area contributed by atoms with Crippen molar-refractivity contribution in [3.8, 4) is 0 Å². The molecule has 0 bridgehead atoms. The standard InChI is InChI=1S/C15H22FN3O2/c1-18-6-8-19(9-7-18)14-4-2-11(10-12(14)16)13(17)3-5-15(20)21/h2,4,10,13H,3,5-9,17H2,1H3,(H,20,21). The van der Waals surface area contributed by atoms with Crippen LogP contribution in [0.3, 0.4) is 0 Å². The van der Waals surface area contributed by atoms with Crippen LogP contribution in [0.1, 0.15) is 24.4 Å². The number of piperazine rings is 1. The van der Waals surface area contributed by atoms with E-state index in [-0.39, 0.29) is 12.2 Å². The topological polar surface area (TPSA) is 69.8 Å². The van der Waals surface area contributed by atoms with Crippen molar-refractivity contribution in [1.82, 2.24) is 4.90 Å². The summed E-state index contributed by atoms with van der Waals surface area (Å²) in [4.78, 5) is 14.8. The summed E-state index contributed by atoms with van der Waals surface area (Å²) in [5.41, 5.74) is 7.15. The van der Waals surface area contributed by atoms with Gasteiger partial charge in [-0.3, -0.25) is 4.79 Å². The summed E-state index contributed by atoms with van der Waals surface area (Å²) in [6.07, 6.45) is 0.297. The molecule has 0 spiro atoms. The number of benzene rings is 1. The average molecular weight is 295 g/mol. The minimum atomic E-state index is -0.889. The van der Waals surface area contributed by atoms with Gasteiger partial charge >= 0.3 is 5.97 Å². The zero-order valence-electron chi connectivity index (χ0n) is 12.3. The second-order valence-corrected chi connectivity index (χ2v) is 5.54. The van der Waals surface area contributed by atoms with Crippen LogP contribution in [-0.2, 0) is 4.79 Å². The Labute approximate surface area is 124 Å². The summed E-state index contributed by atoms with van der Waals surface area (Å²) in [5, 5.41) is 8.66. The SMILES string of the molecule is CN1CCN(c2ccc(C(N)CCC(=O)O)cc2F)CC1. The number of halogens is 1. The Hall–Kier alpha value is -1.66. The number of rotatable bonds is 5. The molecule has 1 saturated heterocycles. The molecule has 0 saturated carbocycles. The van der Waals surface area contributed by atoms with Crippen molar-refractivity contribution in [3.63, 3.8) is 0 Å². The highest BCUT2D eigenvalue weighted by Crippen LogP contribution is 2.25. The molecule has 2 rings (SSSR count). The minimum absolute atomic E-state index is 0.0109. The summed E-state index contributed by atoms with van der Waals surface area (Å²) in [5.74, 6) is -1.18. The number of carboxylic acid groups (broad SMARTS) is 1. The van der Waals surface area contributed by atoms with Gasteiger partial charge in [-0.25, -0.2) is 4.39 Å². The summed E-state index contributed by atoms with van der Waals surface area (Å²) in [7, 11) is 2.05. The van der Waals surface area contributed by atoms with Crippen LogP contribution in [0.4, 0.5) is 10.1 Å². The third kappa shape index (κ3) is 4.15. The molecule has 0 aromatic heterocycles. The maximum absolute atomic E-state index is 14.3. The summed E-state index contributed by atoms with van der Waals surface area (Å²) < 4.78 is 14.3. The molecule has 21 heavy (non-hydrogen) atoms. The molecule has 1 atom stereocenters. The largest absolute Gasteiger partial charge is 0.481 e. The van der Waals surface area contributed by atoms with Gasteiger partial charge in [-0.2, -0.15) is 0 Å². The molecule has 3 N–H and O–H groups in total. The molecule has 116 valence electrons. The fourth-order valence-corrected chi connectivity index (χ4v) is 2.50. The number of nitrogens with zero attached hydrogens (tertiary/aromatic N) is 2. The third-order valence-corrected chi connectivity index (χ3v) is 3.91. The van der Waals surface area contributed by atoms with Crippen LogP contribution in [0.15, 0.2) is 18.2 Å². The Bertz CT molecular complexity index is 502. The van der Waals surface area contributed by atoms with Crippen molar-refractivity contribution in [2.45, 2.75) is 18.9 Å². The second-order valence-electron chi connectivity index (χ2n) is 5.54. The van der Waals surface area contributed by atoms with Crippen molar-refractivity contribution in [3.05, 3.63) is 29.6 Å². The van der Waals surface area contributed by atoms with Gasteiger partial charge in [0, 0.05) is 38.6 Å². The van der Waals surface area contributed by atoms with E-state index in [0.717, 1.165) is 26.2 Å². The van der Waals surface area contributed by atoms with E-state index < -0.39 is 12.0 Å². The van der Waals surface area contributed by atoms with E-state index in [9.17, 15) is 9.18 Å². The first-order valence-corrected chi connectivity index (χ1v) is 7.17. The lowest BCUT2D eigenvalue weighted by atomic mass is 10.0. The Morgan fingerprint density at radius 2 is 2.05 bits per heavy atom. The van der Waals surface area contributed by atoms with Gasteiger partial charge in [-0.1, -0.05) is 6.07 Å². The van der Waals surface area contributed by atoms with E-state index in [0.29, 0.717) is 17.7 Å². The van der Waals surface area contributed by atoms with Gasteiger partial charge in [0.05, 0.1) is 5.69 Å². The maximum Gasteiger partial charge on any atom is 0.303 e. The number of hydrogen-bond donors (Lipinski definition) is 2. The Kier molecular flexibility index (Phi) is 5.14. The number of anilines is 1. The van der Waals surface area contributed by atoms with Crippen LogP contribution >= 0.6 is 0 Å². The molecule has 1 aromatic rings. The zero-order valence-corrected chi connectivity index (χ0v) is 12.3. The molecular weight excluding hydrogens is 273 g/mol. The number of nitrogens with two attached hydrogens (primary N) is 1. The first-order valence-electron chi connectivity index (χ1n) is 7.17. The number of aliphatic carboxylic acids is 1. The van der Waals surface area contributed by atoms with Gasteiger partial charge < -0.3 is 20.6 Å². The molecular formula is C15H22FN3O2. The lowest BCUT2D eigenvalue weighted by molar-refractivity contribution is -0.137. The number of carboxylic acids is 1. The molecule has 1 aliphatic rings. The van der Waals surface area contributed by atoms with Crippen LogP contribution in [0.2, 0.25) is 0 Å². The van der Waals surface area contributed by atoms with Crippen molar-refractivity contribution >= 4 is 11.7 Å². The summed E-state index contributed by atoms with van der Waals surface area (Å²) >= 11 is 0. The molecule has 1 fully saturated rings. The Morgan fingerprint density at radius 1 is 1.38 bits per heavy atom. The van der Waals surface area contributed by atoms with Crippen LogP contribution in [0, 0.1) is 5.82 Å². The maximum atomic E-state index is 14.3. The van der Waals surface area contributed by atoms with E-state index in [1.807, 2.05) is 4.90 Å². The van der Waals surface area contributed by atoms with Crippen LogP contribution in [0.5, 0.6) is 0 Å². The molecule has 1 unspecified atom stereocenters. The molecule has 0 amide bonds. The molecule has 1 aromatic carbocycles. The predicted octanol–water partition coefficient (Wildman–Crippen LogP) is 1.44. The Morgan fingerprint density at radius 3 is 2.62 bits per heavy atom. The third-order valence-electron chi connectivity index (χ3n) is 3.91. The van der Waals surface area contributed by atoms with E-state index in [4.69, 9.17) is 10.8 Å². The molecule has 5 nitrogen and oxygen atoms in total. The fraction of sp³-hybridized carbons (Fsp3) is 0.533. The van der Waals surface area contributed by atoms with E-state index in [2.05, 4.69) is 11.9 Å². The van der Waals surface area contributed by atoms with Crippen molar-refractivity contribution < 1.29 is 14.3 Å². The van der Waals surface area contributed by atoms with Gasteiger partial charge in [0.1, 0.15) is 5.82 Å². The van der Waals surface area contributed by atoms with E-state index in [1.54, 1.807) is 12.1 Å². The minimum Gasteiger partial charge on any atom is -0.481 e. The van der Waals surface area contributed by atoms with Gasteiger partial charge in [0.15, 0.2) is 0 Å². The molecule has 6 heteroatoms. The van der Waals surface area contributed by atoms with Crippen molar-refractivity contribution in [2.75, 3.05) is 38.1 Å². The van der Waals surface area contributed by atoms with Crippen LogP contribution in [0.25, 0.3) is 0 Å².